The molecule has 0 saturated carbocycles. The molecule has 1 aliphatic heterocycles. The van der Waals surface area contributed by atoms with Crippen molar-refractivity contribution in [3.05, 3.63) is 22.4 Å². The van der Waals surface area contributed by atoms with Crippen LogP contribution in [-0.2, 0) is 4.79 Å². The van der Waals surface area contributed by atoms with E-state index in [1.165, 1.54) is 5.56 Å². The molecule has 1 aromatic heterocycles. The predicted octanol–water partition coefficient (Wildman–Crippen LogP) is 2.40. The number of thiophene rings is 1. The van der Waals surface area contributed by atoms with Crippen molar-refractivity contribution in [3.63, 3.8) is 0 Å². The molecule has 1 fully saturated rings. The first-order valence-electron chi connectivity index (χ1n) is 8.43. The molecule has 6 heteroatoms. The van der Waals surface area contributed by atoms with E-state index in [1.807, 2.05) is 0 Å². The Morgan fingerprint density at radius 1 is 1.61 bits per heavy atom. The van der Waals surface area contributed by atoms with Crippen LogP contribution < -0.4 is 11.1 Å². The highest BCUT2D eigenvalue weighted by Gasteiger charge is 2.23. The number of hydrogen-bond donors (Lipinski definition) is 2. The minimum atomic E-state index is -0.204. The molecule has 2 atom stereocenters. The first-order chi connectivity index (χ1) is 11.1. The molecule has 1 saturated heterocycles. The summed E-state index contributed by atoms with van der Waals surface area (Å²) >= 11 is 1.73. The fourth-order valence-corrected chi connectivity index (χ4v) is 3.80. The van der Waals surface area contributed by atoms with Gasteiger partial charge in [0.15, 0.2) is 5.96 Å². The van der Waals surface area contributed by atoms with E-state index in [-0.39, 0.29) is 5.91 Å². The van der Waals surface area contributed by atoms with Gasteiger partial charge in [0.25, 0.3) is 0 Å². The van der Waals surface area contributed by atoms with Gasteiger partial charge in [-0.1, -0.05) is 6.92 Å². The van der Waals surface area contributed by atoms with Crippen molar-refractivity contribution >= 4 is 23.2 Å². The number of piperidine rings is 1. The third-order valence-electron chi connectivity index (χ3n) is 4.27. The number of nitrogens with zero attached hydrogens (tertiary/aromatic N) is 2. The zero-order valence-electron chi connectivity index (χ0n) is 14.1. The molecule has 5 nitrogen and oxygen atoms in total. The van der Waals surface area contributed by atoms with Crippen LogP contribution in [0.25, 0.3) is 0 Å². The zero-order chi connectivity index (χ0) is 16.7. The summed E-state index contributed by atoms with van der Waals surface area (Å²) < 4.78 is 0. The fraction of sp³-hybridized carbons (Fsp3) is 0.647. The van der Waals surface area contributed by atoms with E-state index in [0.29, 0.717) is 18.3 Å². The van der Waals surface area contributed by atoms with Crippen molar-refractivity contribution in [2.24, 2.45) is 16.6 Å². The normalized spacial score (nSPS) is 20.3. The summed E-state index contributed by atoms with van der Waals surface area (Å²) in [5.41, 5.74) is 6.70. The molecule has 3 N–H and O–H groups in total. The summed E-state index contributed by atoms with van der Waals surface area (Å²) in [5.74, 6) is 1.52. The van der Waals surface area contributed by atoms with Gasteiger partial charge in [0.1, 0.15) is 0 Å². The lowest BCUT2D eigenvalue weighted by Crippen LogP contribution is -2.47. The SMILES string of the molecule is CCNC(=NCC(C)c1ccsc1)N1CCCC(CC(N)=O)C1. The molecular weight excluding hydrogens is 308 g/mol. The summed E-state index contributed by atoms with van der Waals surface area (Å²) in [5, 5.41) is 7.69. The summed E-state index contributed by atoms with van der Waals surface area (Å²) in [6, 6.07) is 2.17. The lowest BCUT2D eigenvalue weighted by Gasteiger charge is -2.34. The Hall–Kier alpha value is -1.56. The quantitative estimate of drug-likeness (QED) is 0.619. The Morgan fingerprint density at radius 3 is 3.09 bits per heavy atom. The topological polar surface area (TPSA) is 70.7 Å². The van der Waals surface area contributed by atoms with Crippen LogP contribution in [0.1, 0.15) is 44.6 Å². The molecule has 0 aliphatic carbocycles. The van der Waals surface area contributed by atoms with Gasteiger partial charge in [-0.3, -0.25) is 9.79 Å². The third-order valence-corrected chi connectivity index (χ3v) is 4.97. The molecule has 0 aromatic carbocycles. The second-order valence-corrected chi connectivity index (χ2v) is 7.06. The van der Waals surface area contributed by atoms with Gasteiger partial charge in [-0.05, 0) is 48.1 Å². The van der Waals surface area contributed by atoms with Crippen molar-refractivity contribution in [2.45, 2.75) is 39.0 Å². The Labute approximate surface area is 143 Å². The van der Waals surface area contributed by atoms with Gasteiger partial charge >= 0.3 is 0 Å². The number of hydrogen-bond acceptors (Lipinski definition) is 3. The Morgan fingerprint density at radius 2 is 2.43 bits per heavy atom. The number of primary amides is 1. The lowest BCUT2D eigenvalue weighted by atomic mass is 9.95. The second-order valence-electron chi connectivity index (χ2n) is 6.28. The molecule has 0 spiro atoms. The zero-order valence-corrected chi connectivity index (χ0v) is 14.9. The Bertz CT molecular complexity index is 515. The van der Waals surface area contributed by atoms with Gasteiger partial charge in [0.05, 0.1) is 0 Å². The van der Waals surface area contributed by atoms with Crippen molar-refractivity contribution in [3.8, 4) is 0 Å². The van der Waals surface area contributed by atoms with Gasteiger partial charge in [-0.25, -0.2) is 0 Å². The first-order valence-corrected chi connectivity index (χ1v) is 9.38. The first kappa shape index (κ1) is 17.8. The average molecular weight is 337 g/mol. The number of aliphatic imine (C=N–C) groups is 1. The molecule has 0 radical (unpaired) electrons. The molecule has 1 aromatic rings. The molecule has 23 heavy (non-hydrogen) atoms. The minimum absolute atomic E-state index is 0.204. The van der Waals surface area contributed by atoms with Gasteiger partial charge in [0, 0.05) is 38.5 Å². The summed E-state index contributed by atoms with van der Waals surface area (Å²) in [6.45, 7) is 7.78. The van der Waals surface area contributed by atoms with Gasteiger partial charge in [0.2, 0.25) is 5.91 Å². The lowest BCUT2D eigenvalue weighted by molar-refractivity contribution is -0.119. The molecule has 2 unspecified atom stereocenters. The molecule has 0 bridgehead atoms. The third kappa shape index (κ3) is 5.53. The molecule has 128 valence electrons. The van der Waals surface area contributed by atoms with E-state index < -0.39 is 0 Å². The van der Waals surface area contributed by atoms with Gasteiger partial charge < -0.3 is 16.0 Å². The largest absolute Gasteiger partial charge is 0.370 e. The number of nitrogens with two attached hydrogens (primary N) is 1. The maximum absolute atomic E-state index is 11.2. The van der Waals surface area contributed by atoms with Crippen LogP contribution in [0.15, 0.2) is 21.8 Å². The van der Waals surface area contributed by atoms with E-state index in [1.54, 1.807) is 11.3 Å². The number of likely N-dealkylation sites (tertiary alicyclic amines) is 1. The molecule has 1 aliphatic rings. The predicted molar refractivity (Wildman–Crippen MR) is 96.8 cm³/mol. The number of carbonyl (C=O) groups excluding carboxylic acids is 1. The monoisotopic (exact) mass is 336 g/mol. The van der Waals surface area contributed by atoms with E-state index in [9.17, 15) is 4.79 Å². The molecular formula is C17H28N4OS. The van der Waals surface area contributed by atoms with Crippen LogP contribution in [-0.4, -0.2) is 42.9 Å². The number of carbonyl (C=O) groups is 1. The van der Waals surface area contributed by atoms with Crippen molar-refractivity contribution in [1.29, 1.82) is 0 Å². The smallest absolute Gasteiger partial charge is 0.217 e. The molecule has 2 heterocycles. The average Bonchev–Trinajstić information content (AvgIpc) is 3.05. The van der Waals surface area contributed by atoms with Crippen LogP contribution in [0.5, 0.6) is 0 Å². The highest BCUT2D eigenvalue weighted by atomic mass is 32.1. The van der Waals surface area contributed by atoms with Gasteiger partial charge in [-0.2, -0.15) is 11.3 Å². The number of guanidine groups is 1. The molecule has 1 amide bonds. The van der Waals surface area contributed by atoms with E-state index in [4.69, 9.17) is 10.7 Å². The standard InChI is InChI=1S/C17H28N4OS/c1-3-19-17(20-10-13(2)15-6-8-23-12-15)21-7-4-5-14(11-21)9-16(18)22/h6,8,12-14H,3-5,7,9-11H2,1-2H3,(H2,18,22)(H,19,20). The van der Waals surface area contributed by atoms with Gasteiger partial charge in [-0.15, -0.1) is 0 Å². The van der Waals surface area contributed by atoms with Crippen LogP contribution >= 0.6 is 11.3 Å². The summed E-state index contributed by atoms with van der Waals surface area (Å²) in [6.07, 6.45) is 2.63. The summed E-state index contributed by atoms with van der Waals surface area (Å²) in [7, 11) is 0. The maximum atomic E-state index is 11.2. The van der Waals surface area contributed by atoms with Crippen molar-refractivity contribution < 1.29 is 4.79 Å². The second kappa shape index (κ2) is 8.91. The number of nitrogens with one attached hydrogen (secondary N) is 1. The van der Waals surface area contributed by atoms with Crippen molar-refractivity contribution in [2.75, 3.05) is 26.2 Å². The highest BCUT2D eigenvalue weighted by molar-refractivity contribution is 7.07. The van der Waals surface area contributed by atoms with Crippen LogP contribution in [0.2, 0.25) is 0 Å². The minimum Gasteiger partial charge on any atom is -0.370 e. The van der Waals surface area contributed by atoms with Crippen LogP contribution in [0, 0.1) is 5.92 Å². The highest BCUT2D eigenvalue weighted by Crippen LogP contribution is 2.21. The fourth-order valence-electron chi connectivity index (χ4n) is 3.02. The van der Waals surface area contributed by atoms with E-state index in [2.05, 4.69) is 40.9 Å². The van der Waals surface area contributed by atoms with Crippen LogP contribution in [0.3, 0.4) is 0 Å². The van der Waals surface area contributed by atoms with Crippen LogP contribution in [0.4, 0.5) is 0 Å². The summed E-state index contributed by atoms with van der Waals surface area (Å²) in [4.78, 5) is 18.3. The Balaban J connectivity index is 1.98. The van der Waals surface area contributed by atoms with E-state index >= 15 is 0 Å². The maximum Gasteiger partial charge on any atom is 0.217 e. The van der Waals surface area contributed by atoms with Crippen molar-refractivity contribution in [1.82, 2.24) is 10.2 Å². The number of rotatable bonds is 6. The number of amides is 1. The Kier molecular flexibility index (Phi) is 6.89. The molecule has 2 rings (SSSR count). The van der Waals surface area contributed by atoms with E-state index in [0.717, 1.165) is 45.0 Å².